The molecule has 1 aromatic rings. The third-order valence-electron chi connectivity index (χ3n) is 2.88. The number of aliphatic hydroxyl groups excluding tert-OH is 1. The number of hydrogen-bond acceptors (Lipinski definition) is 3. The Morgan fingerprint density at radius 1 is 1.44 bits per heavy atom. The molecule has 0 atom stereocenters. The lowest BCUT2D eigenvalue weighted by Crippen LogP contribution is -2.28. The molecule has 1 saturated carbocycles. The van der Waals surface area contributed by atoms with E-state index in [4.69, 9.17) is 0 Å². The Labute approximate surface area is 107 Å². The average Bonchev–Trinajstić information content (AvgIpc) is 2.65. The van der Waals surface area contributed by atoms with Crippen molar-refractivity contribution in [2.75, 3.05) is 5.32 Å². The summed E-state index contributed by atoms with van der Waals surface area (Å²) < 4.78 is 0.992. The summed E-state index contributed by atoms with van der Waals surface area (Å²) in [5.41, 5.74) is 0. The van der Waals surface area contributed by atoms with Crippen molar-refractivity contribution in [1.29, 1.82) is 0 Å². The summed E-state index contributed by atoms with van der Waals surface area (Å²) in [5.74, 6) is 0.144. The van der Waals surface area contributed by atoms with Gasteiger partial charge in [0.2, 0.25) is 5.91 Å². The molecule has 0 spiro atoms. The molecule has 0 saturated heterocycles. The van der Waals surface area contributed by atoms with Crippen LogP contribution in [0.1, 0.15) is 25.7 Å². The normalized spacial score (nSPS) is 25.4. The van der Waals surface area contributed by atoms with Gasteiger partial charge in [0.1, 0.15) is 0 Å². The number of carbonyl (C=O) groups excluding carboxylic acids is 1. The molecule has 5 heteroatoms. The van der Waals surface area contributed by atoms with Gasteiger partial charge in [-0.15, -0.1) is 11.3 Å². The molecule has 0 radical (unpaired) electrons. The fraction of sp³-hybridized carbons (Fsp3) is 0.545. The van der Waals surface area contributed by atoms with Crippen molar-refractivity contribution < 1.29 is 9.90 Å². The van der Waals surface area contributed by atoms with Crippen LogP contribution in [-0.4, -0.2) is 17.1 Å². The monoisotopic (exact) mass is 303 g/mol. The third-order valence-corrected chi connectivity index (χ3v) is 4.49. The zero-order valence-electron chi connectivity index (χ0n) is 8.78. The third kappa shape index (κ3) is 3.06. The summed E-state index contributed by atoms with van der Waals surface area (Å²) in [6.45, 7) is 0. The minimum Gasteiger partial charge on any atom is -0.393 e. The van der Waals surface area contributed by atoms with Crippen LogP contribution >= 0.6 is 27.3 Å². The number of amides is 1. The van der Waals surface area contributed by atoms with E-state index in [1.54, 1.807) is 0 Å². The van der Waals surface area contributed by atoms with Crippen LogP contribution in [0.4, 0.5) is 5.00 Å². The maximum atomic E-state index is 11.9. The van der Waals surface area contributed by atoms with Gasteiger partial charge in [0, 0.05) is 15.8 Å². The van der Waals surface area contributed by atoms with E-state index in [-0.39, 0.29) is 17.9 Å². The van der Waals surface area contributed by atoms with Gasteiger partial charge >= 0.3 is 0 Å². The fourth-order valence-corrected chi connectivity index (χ4v) is 3.26. The zero-order chi connectivity index (χ0) is 11.5. The molecule has 1 fully saturated rings. The van der Waals surface area contributed by atoms with Gasteiger partial charge in [0.05, 0.1) is 11.1 Å². The molecule has 16 heavy (non-hydrogen) atoms. The molecule has 1 amide bonds. The summed E-state index contributed by atoms with van der Waals surface area (Å²) in [6, 6.07) is 1.90. The number of nitrogens with one attached hydrogen (secondary N) is 1. The van der Waals surface area contributed by atoms with Gasteiger partial charge < -0.3 is 10.4 Å². The number of aliphatic hydroxyl groups is 1. The van der Waals surface area contributed by atoms with E-state index in [9.17, 15) is 9.90 Å². The Morgan fingerprint density at radius 3 is 2.69 bits per heavy atom. The molecule has 1 aromatic heterocycles. The lowest BCUT2D eigenvalue weighted by molar-refractivity contribution is -0.121. The smallest absolute Gasteiger partial charge is 0.228 e. The minimum atomic E-state index is -0.208. The average molecular weight is 304 g/mol. The van der Waals surface area contributed by atoms with Gasteiger partial charge in [-0.3, -0.25) is 4.79 Å². The molecule has 0 aromatic carbocycles. The summed E-state index contributed by atoms with van der Waals surface area (Å²) in [4.78, 5) is 11.9. The predicted molar refractivity (Wildman–Crippen MR) is 68.6 cm³/mol. The second-order valence-electron chi connectivity index (χ2n) is 4.12. The van der Waals surface area contributed by atoms with Crippen LogP contribution in [0.2, 0.25) is 0 Å². The molecule has 1 aliphatic rings. The maximum Gasteiger partial charge on any atom is 0.228 e. The Hall–Kier alpha value is -0.390. The number of thiophene rings is 1. The van der Waals surface area contributed by atoms with E-state index in [1.807, 2.05) is 11.4 Å². The highest BCUT2D eigenvalue weighted by atomic mass is 79.9. The van der Waals surface area contributed by atoms with Crippen molar-refractivity contribution >= 4 is 38.2 Å². The topological polar surface area (TPSA) is 49.3 Å². The molecule has 2 N–H and O–H groups in total. The summed E-state index contributed by atoms with van der Waals surface area (Å²) in [7, 11) is 0. The van der Waals surface area contributed by atoms with Gasteiger partial charge in [0.15, 0.2) is 0 Å². The van der Waals surface area contributed by atoms with E-state index in [0.29, 0.717) is 0 Å². The lowest BCUT2D eigenvalue weighted by Gasteiger charge is -2.24. The van der Waals surface area contributed by atoms with Gasteiger partial charge in [-0.1, -0.05) is 0 Å². The summed E-state index contributed by atoms with van der Waals surface area (Å²) in [5, 5.41) is 15.1. The van der Waals surface area contributed by atoms with Crippen LogP contribution in [-0.2, 0) is 4.79 Å². The van der Waals surface area contributed by atoms with E-state index >= 15 is 0 Å². The van der Waals surface area contributed by atoms with Crippen molar-refractivity contribution in [3.8, 4) is 0 Å². The second-order valence-corrected chi connectivity index (χ2v) is 5.95. The summed E-state index contributed by atoms with van der Waals surface area (Å²) >= 11 is 4.87. The number of rotatable bonds is 2. The number of halogens is 1. The van der Waals surface area contributed by atoms with Crippen molar-refractivity contribution in [3.63, 3.8) is 0 Å². The quantitative estimate of drug-likeness (QED) is 0.882. The molecule has 88 valence electrons. The minimum absolute atomic E-state index is 0.0595. The van der Waals surface area contributed by atoms with E-state index in [0.717, 1.165) is 35.2 Å². The molecular weight excluding hydrogens is 290 g/mol. The number of hydrogen-bond donors (Lipinski definition) is 2. The van der Waals surface area contributed by atoms with Crippen molar-refractivity contribution in [2.45, 2.75) is 31.8 Å². The maximum absolute atomic E-state index is 11.9. The highest BCUT2D eigenvalue weighted by Gasteiger charge is 2.25. The zero-order valence-corrected chi connectivity index (χ0v) is 11.2. The van der Waals surface area contributed by atoms with E-state index in [2.05, 4.69) is 21.2 Å². The molecule has 0 unspecified atom stereocenters. The van der Waals surface area contributed by atoms with E-state index in [1.165, 1.54) is 11.3 Å². The second kappa shape index (κ2) is 5.29. The molecule has 1 aliphatic carbocycles. The molecule has 0 bridgehead atoms. The first-order valence-corrected chi connectivity index (χ1v) is 7.05. The molecular formula is C11H14BrNO2S. The van der Waals surface area contributed by atoms with Crippen molar-refractivity contribution in [1.82, 2.24) is 0 Å². The van der Waals surface area contributed by atoms with Gasteiger partial charge in [-0.25, -0.2) is 0 Å². The first kappa shape index (κ1) is 12.1. The molecule has 3 nitrogen and oxygen atoms in total. The molecule has 0 aliphatic heterocycles. The van der Waals surface area contributed by atoms with Crippen LogP contribution in [0, 0.1) is 5.92 Å². The van der Waals surface area contributed by atoms with Crippen LogP contribution in [0.3, 0.4) is 0 Å². The van der Waals surface area contributed by atoms with Crippen LogP contribution < -0.4 is 5.32 Å². The Bertz CT molecular complexity index is 372. The summed E-state index contributed by atoms with van der Waals surface area (Å²) in [6.07, 6.45) is 2.86. The van der Waals surface area contributed by atoms with Gasteiger partial charge in [-0.05, 0) is 47.7 Å². The van der Waals surface area contributed by atoms with Gasteiger partial charge in [0.25, 0.3) is 0 Å². The largest absolute Gasteiger partial charge is 0.393 e. The number of anilines is 1. The van der Waals surface area contributed by atoms with E-state index < -0.39 is 0 Å². The predicted octanol–water partition coefficient (Wildman–Crippen LogP) is 3.00. The first-order valence-electron chi connectivity index (χ1n) is 5.38. The molecule has 1 heterocycles. The first-order chi connectivity index (χ1) is 7.65. The standard InChI is InChI=1S/C11H14BrNO2S/c12-8-5-10(16-6-8)13-11(15)7-1-3-9(14)4-2-7/h5-7,9,14H,1-4H2,(H,13,15). The lowest BCUT2D eigenvalue weighted by atomic mass is 9.87. The van der Waals surface area contributed by atoms with Crippen LogP contribution in [0.5, 0.6) is 0 Å². The SMILES string of the molecule is O=C(Nc1cc(Br)cs1)C1CCC(O)CC1. The highest BCUT2D eigenvalue weighted by Crippen LogP contribution is 2.28. The molecule has 2 rings (SSSR count). The van der Waals surface area contributed by atoms with Crippen LogP contribution in [0.15, 0.2) is 15.9 Å². The Morgan fingerprint density at radius 2 is 2.12 bits per heavy atom. The van der Waals surface area contributed by atoms with Crippen molar-refractivity contribution in [2.24, 2.45) is 5.92 Å². The Kier molecular flexibility index (Phi) is 4.00. The fourth-order valence-electron chi connectivity index (χ4n) is 1.94. The van der Waals surface area contributed by atoms with Gasteiger partial charge in [-0.2, -0.15) is 0 Å². The van der Waals surface area contributed by atoms with Crippen LogP contribution in [0.25, 0.3) is 0 Å². The number of carbonyl (C=O) groups is 1. The van der Waals surface area contributed by atoms with Crippen molar-refractivity contribution in [3.05, 3.63) is 15.9 Å². The highest BCUT2D eigenvalue weighted by molar-refractivity contribution is 9.10. The Balaban J connectivity index is 1.88.